The van der Waals surface area contributed by atoms with Gasteiger partial charge in [-0.2, -0.15) is 0 Å². The van der Waals surface area contributed by atoms with E-state index in [1.165, 1.54) is 5.57 Å². The Morgan fingerprint density at radius 3 is 2.59 bits per heavy atom. The number of hydrogen-bond acceptors (Lipinski definition) is 2. The predicted molar refractivity (Wildman–Crippen MR) is 90.5 cm³/mol. The maximum absolute atomic E-state index is 12.4. The van der Waals surface area contributed by atoms with Crippen LogP contribution in [0.5, 0.6) is 0 Å². The summed E-state index contributed by atoms with van der Waals surface area (Å²) >= 11 is 5.86. The maximum atomic E-state index is 12.4. The van der Waals surface area contributed by atoms with E-state index in [2.05, 4.69) is 40.2 Å². The second kappa shape index (κ2) is 5.89. The van der Waals surface area contributed by atoms with Gasteiger partial charge in [-0.1, -0.05) is 29.8 Å². The molecule has 2 aromatic rings. The van der Waals surface area contributed by atoms with Crippen molar-refractivity contribution in [3.63, 3.8) is 0 Å². The monoisotopic (exact) mass is 315 g/mol. The van der Waals surface area contributed by atoms with E-state index in [1.54, 1.807) is 17.2 Å². The average Bonchev–Trinajstić information content (AvgIpc) is 3.15. The normalized spacial score (nSPS) is 14.1. The van der Waals surface area contributed by atoms with Crippen molar-refractivity contribution in [3.8, 4) is 0 Å². The lowest BCUT2D eigenvalue weighted by molar-refractivity contribution is 0.0796. The van der Waals surface area contributed by atoms with Gasteiger partial charge >= 0.3 is 0 Å². The minimum Gasteiger partial charge on any atom is -0.378 e. The highest BCUT2D eigenvalue weighted by Crippen LogP contribution is 2.24. The lowest BCUT2D eigenvalue weighted by Gasteiger charge is -2.16. The third-order valence-electron chi connectivity index (χ3n) is 3.84. The molecule has 1 aromatic heterocycles. The quantitative estimate of drug-likeness (QED) is 0.944. The summed E-state index contributed by atoms with van der Waals surface area (Å²) in [6.45, 7) is 1.25. The molecule has 0 spiro atoms. The van der Waals surface area contributed by atoms with Gasteiger partial charge in [0.25, 0.3) is 5.91 Å². The number of rotatable bonds is 3. The summed E-state index contributed by atoms with van der Waals surface area (Å²) in [5, 5.41) is 0.551. The van der Waals surface area contributed by atoms with Crippen molar-refractivity contribution in [1.82, 2.24) is 9.88 Å². The fourth-order valence-corrected chi connectivity index (χ4v) is 2.72. The molecule has 5 heteroatoms. The van der Waals surface area contributed by atoms with Crippen molar-refractivity contribution in [2.75, 3.05) is 32.1 Å². The number of halogens is 1. The van der Waals surface area contributed by atoms with Crippen molar-refractivity contribution in [1.29, 1.82) is 0 Å². The molecule has 1 aliphatic heterocycles. The third-order valence-corrected chi connectivity index (χ3v) is 4.06. The lowest BCUT2D eigenvalue weighted by Crippen LogP contribution is -2.29. The molecule has 4 nitrogen and oxygen atoms in total. The second-order valence-electron chi connectivity index (χ2n) is 5.59. The Morgan fingerprint density at radius 2 is 2.00 bits per heavy atom. The van der Waals surface area contributed by atoms with Crippen LogP contribution in [0.2, 0.25) is 5.02 Å². The van der Waals surface area contributed by atoms with E-state index in [4.69, 9.17) is 11.6 Å². The highest BCUT2D eigenvalue weighted by molar-refractivity contribution is 6.31. The van der Waals surface area contributed by atoms with Crippen LogP contribution >= 0.6 is 11.6 Å². The minimum atomic E-state index is -0.0249. The van der Waals surface area contributed by atoms with Crippen molar-refractivity contribution >= 4 is 28.8 Å². The van der Waals surface area contributed by atoms with E-state index in [9.17, 15) is 4.79 Å². The number of carbonyl (C=O) groups excluding carboxylic acids is 1. The Morgan fingerprint density at radius 1 is 1.27 bits per heavy atom. The fraction of sp³-hybridized carbons (Fsp3) is 0.235. The number of amides is 1. The van der Waals surface area contributed by atoms with Gasteiger partial charge in [0.2, 0.25) is 0 Å². The number of nitrogens with one attached hydrogen (secondary N) is 1. The van der Waals surface area contributed by atoms with Crippen LogP contribution in [0.4, 0.5) is 5.69 Å². The Labute approximate surface area is 135 Å². The lowest BCUT2D eigenvalue weighted by atomic mass is 10.1. The number of nitrogens with zero attached hydrogens (tertiary/aromatic N) is 2. The number of aromatic amines is 1. The van der Waals surface area contributed by atoms with Crippen LogP contribution in [0, 0.1) is 0 Å². The molecule has 0 bridgehead atoms. The summed E-state index contributed by atoms with van der Waals surface area (Å²) in [6.07, 6.45) is 3.73. The molecule has 0 saturated carbocycles. The molecule has 1 amide bonds. The standard InChI is InChI=1S/C17H18ClN3O/c1-20(2)15-5-3-12(4-6-15)13-7-8-21(11-13)17(22)16-9-14(18)10-19-16/h3-7,9-10,19H,8,11H2,1-2H3. The van der Waals surface area contributed by atoms with Crippen LogP contribution in [0.1, 0.15) is 16.1 Å². The summed E-state index contributed by atoms with van der Waals surface area (Å²) in [7, 11) is 4.04. The van der Waals surface area contributed by atoms with Crippen LogP contribution in [0.15, 0.2) is 42.6 Å². The van der Waals surface area contributed by atoms with Crippen LogP contribution in [0.25, 0.3) is 5.57 Å². The smallest absolute Gasteiger partial charge is 0.270 e. The number of carbonyl (C=O) groups is 1. The molecule has 0 radical (unpaired) electrons. The minimum absolute atomic E-state index is 0.0249. The number of anilines is 1. The van der Waals surface area contributed by atoms with Crippen molar-refractivity contribution in [2.45, 2.75) is 0 Å². The van der Waals surface area contributed by atoms with Gasteiger partial charge < -0.3 is 14.8 Å². The molecule has 22 heavy (non-hydrogen) atoms. The van der Waals surface area contributed by atoms with Crippen molar-refractivity contribution < 1.29 is 4.79 Å². The van der Waals surface area contributed by atoms with E-state index in [0.717, 1.165) is 11.3 Å². The number of hydrogen-bond donors (Lipinski definition) is 1. The molecular weight excluding hydrogens is 298 g/mol. The summed E-state index contributed by atoms with van der Waals surface area (Å²) < 4.78 is 0. The van der Waals surface area contributed by atoms with Gasteiger partial charge in [0.15, 0.2) is 0 Å². The number of H-pyrrole nitrogens is 1. The van der Waals surface area contributed by atoms with Gasteiger partial charge in [-0.15, -0.1) is 0 Å². The summed E-state index contributed by atoms with van der Waals surface area (Å²) in [5.74, 6) is -0.0249. The molecule has 1 aromatic carbocycles. The first-order valence-electron chi connectivity index (χ1n) is 7.14. The predicted octanol–water partition coefficient (Wildman–Crippen LogP) is 3.27. The van der Waals surface area contributed by atoms with Crippen molar-refractivity contribution in [2.24, 2.45) is 0 Å². The maximum Gasteiger partial charge on any atom is 0.270 e. The van der Waals surface area contributed by atoms with Gasteiger partial charge in [-0.3, -0.25) is 4.79 Å². The highest BCUT2D eigenvalue weighted by Gasteiger charge is 2.22. The zero-order chi connectivity index (χ0) is 15.7. The van der Waals surface area contributed by atoms with E-state index in [-0.39, 0.29) is 5.91 Å². The molecule has 2 heterocycles. The van der Waals surface area contributed by atoms with Gasteiger partial charge in [-0.25, -0.2) is 0 Å². The van der Waals surface area contributed by atoms with Gasteiger partial charge in [0.1, 0.15) is 5.69 Å². The van der Waals surface area contributed by atoms with E-state index < -0.39 is 0 Å². The fourth-order valence-electron chi connectivity index (χ4n) is 2.55. The SMILES string of the molecule is CN(C)c1ccc(C2=CCN(C(=O)c3cc(Cl)c[nH]3)C2)cc1. The Bertz CT molecular complexity index is 716. The molecule has 1 aliphatic rings. The summed E-state index contributed by atoms with van der Waals surface area (Å²) in [4.78, 5) is 19.2. The van der Waals surface area contributed by atoms with E-state index in [0.29, 0.717) is 23.8 Å². The molecule has 114 valence electrons. The Balaban J connectivity index is 1.70. The highest BCUT2D eigenvalue weighted by atomic mass is 35.5. The second-order valence-corrected chi connectivity index (χ2v) is 6.02. The Kier molecular flexibility index (Phi) is 3.94. The Hall–Kier alpha value is -2.20. The summed E-state index contributed by atoms with van der Waals surface area (Å²) in [5.41, 5.74) is 4.03. The average molecular weight is 316 g/mol. The van der Waals surface area contributed by atoms with Gasteiger partial charge in [-0.05, 0) is 29.3 Å². The first-order valence-corrected chi connectivity index (χ1v) is 7.52. The van der Waals surface area contributed by atoms with Crippen molar-refractivity contribution in [3.05, 3.63) is 58.9 Å². The van der Waals surface area contributed by atoms with Crippen LogP contribution in [0.3, 0.4) is 0 Å². The zero-order valence-corrected chi connectivity index (χ0v) is 13.4. The zero-order valence-electron chi connectivity index (χ0n) is 12.6. The van der Waals surface area contributed by atoms with Crippen LogP contribution in [-0.2, 0) is 0 Å². The van der Waals surface area contributed by atoms with Crippen LogP contribution in [-0.4, -0.2) is 43.0 Å². The molecule has 0 aliphatic carbocycles. The molecule has 0 saturated heterocycles. The molecule has 0 fully saturated rings. The summed E-state index contributed by atoms with van der Waals surface area (Å²) in [6, 6.07) is 10.0. The van der Waals surface area contributed by atoms with E-state index in [1.807, 2.05) is 14.1 Å². The number of benzene rings is 1. The van der Waals surface area contributed by atoms with Gasteiger partial charge in [0.05, 0.1) is 5.02 Å². The van der Waals surface area contributed by atoms with Gasteiger partial charge in [0, 0.05) is 39.1 Å². The number of aromatic nitrogens is 1. The molecular formula is C17H18ClN3O. The van der Waals surface area contributed by atoms with E-state index >= 15 is 0 Å². The topological polar surface area (TPSA) is 39.3 Å². The molecule has 0 unspecified atom stereocenters. The molecule has 1 N–H and O–H groups in total. The first kappa shape index (κ1) is 14.7. The molecule has 3 rings (SSSR count). The molecule has 0 atom stereocenters. The largest absolute Gasteiger partial charge is 0.378 e. The third kappa shape index (κ3) is 2.88. The first-order chi connectivity index (χ1) is 10.5. The van der Waals surface area contributed by atoms with Crippen LogP contribution < -0.4 is 4.90 Å².